The fraction of sp³-hybridized carbons (Fsp3) is 0.562. The molecule has 0 saturated carbocycles. The molecule has 1 unspecified atom stereocenters. The molecule has 0 aromatic heterocycles. The summed E-state index contributed by atoms with van der Waals surface area (Å²) in [6, 6.07) is 7.80. The van der Waals surface area contributed by atoms with E-state index in [-0.39, 0.29) is 12.5 Å². The number of carbonyl (C=O) groups is 1. The molecule has 112 valence electrons. The molecular formula is C16H25NO3. The van der Waals surface area contributed by atoms with Gasteiger partial charge in [-0.15, -0.1) is 0 Å². The Labute approximate surface area is 121 Å². The van der Waals surface area contributed by atoms with E-state index >= 15 is 0 Å². The lowest BCUT2D eigenvalue weighted by Crippen LogP contribution is -2.35. The summed E-state index contributed by atoms with van der Waals surface area (Å²) < 4.78 is 0. The smallest absolute Gasteiger partial charge is 0.303 e. The van der Waals surface area contributed by atoms with Gasteiger partial charge in [-0.25, -0.2) is 0 Å². The average molecular weight is 279 g/mol. The number of carboxylic acid groups (broad SMARTS) is 1. The largest absolute Gasteiger partial charge is 0.508 e. The molecule has 0 aliphatic rings. The molecule has 4 heteroatoms. The minimum absolute atomic E-state index is 0.116. The summed E-state index contributed by atoms with van der Waals surface area (Å²) in [4.78, 5) is 12.9. The van der Waals surface area contributed by atoms with Gasteiger partial charge in [0, 0.05) is 24.1 Å². The minimum Gasteiger partial charge on any atom is -0.508 e. The zero-order valence-electron chi connectivity index (χ0n) is 12.5. The zero-order valence-corrected chi connectivity index (χ0v) is 12.5. The third kappa shape index (κ3) is 4.53. The van der Waals surface area contributed by atoms with Gasteiger partial charge in [-0.2, -0.15) is 0 Å². The van der Waals surface area contributed by atoms with Gasteiger partial charge in [0.1, 0.15) is 5.75 Å². The summed E-state index contributed by atoms with van der Waals surface area (Å²) in [6.07, 6.45) is 1.68. The first-order valence-corrected chi connectivity index (χ1v) is 7.22. The number of benzene rings is 1. The summed E-state index contributed by atoms with van der Waals surface area (Å²) >= 11 is 0. The quantitative estimate of drug-likeness (QED) is 0.765. The van der Waals surface area contributed by atoms with E-state index < -0.39 is 5.97 Å². The third-order valence-corrected chi connectivity index (χ3v) is 3.55. The van der Waals surface area contributed by atoms with Gasteiger partial charge in [-0.3, -0.25) is 9.69 Å². The van der Waals surface area contributed by atoms with Gasteiger partial charge < -0.3 is 10.2 Å². The summed E-state index contributed by atoms with van der Waals surface area (Å²) in [5, 5.41) is 18.8. The van der Waals surface area contributed by atoms with Gasteiger partial charge >= 0.3 is 5.97 Å². The zero-order chi connectivity index (χ0) is 15.1. The van der Waals surface area contributed by atoms with Crippen LogP contribution in [0.15, 0.2) is 24.3 Å². The molecule has 1 rings (SSSR count). The number of hydrogen-bond acceptors (Lipinski definition) is 3. The number of phenolic OH excluding ortho intramolecular Hbond substituents is 1. The fourth-order valence-electron chi connectivity index (χ4n) is 2.59. The van der Waals surface area contributed by atoms with Crippen molar-refractivity contribution in [2.24, 2.45) is 0 Å². The van der Waals surface area contributed by atoms with Gasteiger partial charge in [0.15, 0.2) is 0 Å². The van der Waals surface area contributed by atoms with Crippen molar-refractivity contribution in [2.75, 3.05) is 6.54 Å². The van der Waals surface area contributed by atoms with E-state index in [1.165, 1.54) is 0 Å². The van der Waals surface area contributed by atoms with E-state index in [1.807, 2.05) is 18.2 Å². The van der Waals surface area contributed by atoms with Crippen LogP contribution in [0.5, 0.6) is 5.75 Å². The predicted octanol–water partition coefficient (Wildman–Crippen LogP) is 3.42. The Kier molecular flexibility index (Phi) is 6.52. The highest BCUT2D eigenvalue weighted by Crippen LogP contribution is 2.32. The summed E-state index contributed by atoms with van der Waals surface area (Å²) in [6.45, 7) is 7.01. The van der Waals surface area contributed by atoms with Crippen molar-refractivity contribution in [3.8, 4) is 5.75 Å². The molecule has 0 fully saturated rings. The van der Waals surface area contributed by atoms with Crippen LogP contribution in [0.4, 0.5) is 0 Å². The normalized spacial score (nSPS) is 12.8. The van der Waals surface area contributed by atoms with Crippen LogP contribution in [0.2, 0.25) is 0 Å². The lowest BCUT2D eigenvalue weighted by molar-refractivity contribution is -0.137. The molecule has 0 bridgehead atoms. The predicted molar refractivity (Wildman–Crippen MR) is 79.9 cm³/mol. The van der Waals surface area contributed by atoms with Crippen LogP contribution in [-0.2, 0) is 4.79 Å². The average Bonchev–Trinajstić information content (AvgIpc) is 2.39. The number of para-hydroxylation sites is 1. The number of aromatic hydroxyl groups is 1. The highest BCUT2D eigenvalue weighted by Gasteiger charge is 2.23. The molecule has 0 spiro atoms. The first kappa shape index (κ1) is 16.5. The number of phenols is 1. The minimum atomic E-state index is -0.760. The van der Waals surface area contributed by atoms with Crippen molar-refractivity contribution < 1.29 is 15.0 Å². The Bertz CT molecular complexity index is 431. The molecule has 2 N–H and O–H groups in total. The van der Waals surface area contributed by atoms with Crippen LogP contribution in [0, 0.1) is 0 Å². The van der Waals surface area contributed by atoms with Crippen molar-refractivity contribution in [1.29, 1.82) is 0 Å². The lowest BCUT2D eigenvalue weighted by Gasteiger charge is -2.35. The van der Waals surface area contributed by atoms with Gasteiger partial charge in [0.25, 0.3) is 0 Å². The number of hydrogen-bond donors (Lipinski definition) is 2. The molecule has 20 heavy (non-hydrogen) atoms. The second-order valence-electron chi connectivity index (χ2n) is 5.31. The number of carboxylic acids is 1. The van der Waals surface area contributed by atoms with Gasteiger partial charge in [-0.05, 0) is 39.3 Å². The van der Waals surface area contributed by atoms with Crippen molar-refractivity contribution in [3.05, 3.63) is 29.8 Å². The van der Waals surface area contributed by atoms with Gasteiger partial charge in [-0.1, -0.05) is 25.1 Å². The van der Waals surface area contributed by atoms with E-state index in [9.17, 15) is 9.90 Å². The molecule has 0 saturated heterocycles. The van der Waals surface area contributed by atoms with Crippen molar-refractivity contribution in [3.63, 3.8) is 0 Å². The first-order chi connectivity index (χ1) is 9.47. The van der Waals surface area contributed by atoms with Crippen LogP contribution in [0.1, 0.15) is 51.6 Å². The van der Waals surface area contributed by atoms with Crippen LogP contribution >= 0.6 is 0 Å². The molecule has 0 heterocycles. The fourth-order valence-corrected chi connectivity index (χ4v) is 2.59. The lowest BCUT2D eigenvalue weighted by atomic mass is 9.99. The van der Waals surface area contributed by atoms with E-state index in [4.69, 9.17) is 5.11 Å². The van der Waals surface area contributed by atoms with E-state index in [0.29, 0.717) is 18.2 Å². The standard InChI is InChI=1S/C16H25NO3/c1-4-14(13-8-5-6-9-15(13)18)17(12(2)3)11-7-10-16(19)20/h5-6,8-9,12,14,18H,4,7,10-11H2,1-3H3,(H,19,20). The summed E-state index contributed by atoms with van der Waals surface area (Å²) in [5.41, 5.74) is 0.916. The number of rotatable bonds is 8. The van der Waals surface area contributed by atoms with Gasteiger partial charge in [0.05, 0.1) is 0 Å². The molecule has 4 nitrogen and oxygen atoms in total. The molecule has 0 radical (unpaired) electrons. The second kappa shape index (κ2) is 7.90. The molecule has 0 aliphatic carbocycles. The maximum atomic E-state index is 10.7. The monoisotopic (exact) mass is 279 g/mol. The van der Waals surface area contributed by atoms with Crippen LogP contribution in [0.3, 0.4) is 0 Å². The highest BCUT2D eigenvalue weighted by molar-refractivity contribution is 5.66. The molecule has 0 aliphatic heterocycles. The SMILES string of the molecule is CCC(c1ccccc1O)N(CCCC(=O)O)C(C)C. The Hall–Kier alpha value is -1.55. The second-order valence-corrected chi connectivity index (χ2v) is 5.31. The Morgan fingerprint density at radius 1 is 1.30 bits per heavy atom. The highest BCUT2D eigenvalue weighted by atomic mass is 16.4. The first-order valence-electron chi connectivity index (χ1n) is 7.22. The molecule has 1 aromatic rings. The maximum absolute atomic E-state index is 10.7. The Morgan fingerprint density at radius 3 is 2.45 bits per heavy atom. The molecule has 1 aromatic carbocycles. The summed E-state index contributed by atoms with van der Waals surface area (Å²) in [5.74, 6) is -0.451. The van der Waals surface area contributed by atoms with Crippen LogP contribution in [0.25, 0.3) is 0 Å². The molecule has 1 atom stereocenters. The van der Waals surface area contributed by atoms with E-state index in [0.717, 1.165) is 18.5 Å². The van der Waals surface area contributed by atoms with Gasteiger partial charge in [0.2, 0.25) is 0 Å². The van der Waals surface area contributed by atoms with Crippen molar-refractivity contribution in [1.82, 2.24) is 4.90 Å². The topological polar surface area (TPSA) is 60.8 Å². The van der Waals surface area contributed by atoms with E-state index in [1.54, 1.807) is 6.07 Å². The van der Waals surface area contributed by atoms with Crippen LogP contribution in [-0.4, -0.2) is 33.7 Å². The van der Waals surface area contributed by atoms with Crippen molar-refractivity contribution in [2.45, 2.75) is 52.1 Å². The third-order valence-electron chi connectivity index (χ3n) is 3.55. The number of aliphatic carboxylic acids is 1. The summed E-state index contributed by atoms with van der Waals surface area (Å²) in [7, 11) is 0. The Morgan fingerprint density at radius 2 is 1.95 bits per heavy atom. The Balaban J connectivity index is 2.87. The maximum Gasteiger partial charge on any atom is 0.303 e. The van der Waals surface area contributed by atoms with Crippen molar-refractivity contribution >= 4 is 5.97 Å². The van der Waals surface area contributed by atoms with E-state index in [2.05, 4.69) is 25.7 Å². The molecule has 0 amide bonds. The molecular weight excluding hydrogens is 254 g/mol. The number of nitrogens with zero attached hydrogens (tertiary/aromatic N) is 1. The van der Waals surface area contributed by atoms with Crippen LogP contribution < -0.4 is 0 Å².